The van der Waals surface area contributed by atoms with Gasteiger partial charge in [0, 0.05) is 7.05 Å². The molecule has 94 valence electrons. The van der Waals surface area contributed by atoms with Gasteiger partial charge in [-0.05, 0) is 18.2 Å². The average molecular weight is 270 g/mol. The zero-order valence-corrected chi connectivity index (χ0v) is 10.2. The summed E-state index contributed by atoms with van der Waals surface area (Å²) in [5, 5.41) is 3.67. The van der Waals surface area contributed by atoms with Crippen LogP contribution in [-0.4, -0.2) is 28.0 Å². The monoisotopic (exact) mass is 269 g/mol. The number of amides is 1. The molecular weight excluding hydrogens is 261 g/mol. The molecule has 0 bridgehead atoms. The first-order chi connectivity index (χ1) is 8.58. The molecule has 0 atom stereocenters. The van der Waals surface area contributed by atoms with E-state index in [1.807, 2.05) is 0 Å². The molecule has 1 heterocycles. The van der Waals surface area contributed by atoms with Gasteiger partial charge in [0.2, 0.25) is 6.39 Å². The Balaban J connectivity index is 2.15. The standard InChI is InChI=1S/C11H9ClFN3O2/c1-16(5-10-14-6-18-15-10)11(17)8-3-2-7(13)4-9(8)12/h2-4,6H,5H2,1H3. The van der Waals surface area contributed by atoms with E-state index in [0.29, 0.717) is 5.82 Å². The van der Waals surface area contributed by atoms with Crippen molar-refractivity contribution in [3.8, 4) is 0 Å². The number of rotatable bonds is 3. The molecule has 0 fully saturated rings. The maximum absolute atomic E-state index is 12.9. The Morgan fingerprint density at radius 2 is 2.33 bits per heavy atom. The minimum absolute atomic E-state index is 0.0694. The molecule has 0 aliphatic carbocycles. The first-order valence-corrected chi connectivity index (χ1v) is 5.41. The Hall–Kier alpha value is -1.95. The van der Waals surface area contributed by atoms with Crippen LogP contribution in [0.3, 0.4) is 0 Å². The quantitative estimate of drug-likeness (QED) is 0.856. The maximum Gasteiger partial charge on any atom is 0.255 e. The van der Waals surface area contributed by atoms with Gasteiger partial charge in [-0.25, -0.2) is 4.39 Å². The second-order valence-electron chi connectivity index (χ2n) is 3.63. The van der Waals surface area contributed by atoms with Crippen molar-refractivity contribution in [1.82, 2.24) is 15.0 Å². The zero-order valence-electron chi connectivity index (χ0n) is 9.43. The lowest BCUT2D eigenvalue weighted by atomic mass is 10.2. The lowest BCUT2D eigenvalue weighted by Crippen LogP contribution is -2.27. The first-order valence-electron chi connectivity index (χ1n) is 5.03. The van der Waals surface area contributed by atoms with Gasteiger partial charge < -0.3 is 9.42 Å². The topological polar surface area (TPSA) is 59.2 Å². The van der Waals surface area contributed by atoms with E-state index in [1.54, 1.807) is 7.05 Å². The van der Waals surface area contributed by atoms with Crippen LogP contribution in [0.2, 0.25) is 5.02 Å². The zero-order chi connectivity index (χ0) is 13.1. The van der Waals surface area contributed by atoms with Crippen LogP contribution >= 0.6 is 11.6 Å². The van der Waals surface area contributed by atoms with E-state index in [0.717, 1.165) is 6.07 Å². The van der Waals surface area contributed by atoms with Crippen molar-refractivity contribution in [2.75, 3.05) is 7.05 Å². The van der Waals surface area contributed by atoms with Gasteiger partial charge in [0.25, 0.3) is 5.91 Å². The molecule has 0 N–H and O–H groups in total. The Morgan fingerprint density at radius 1 is 1.56 bits per heavy atom. The summed E-state index contributed by atoms with van der Waals surface area (Å²) < 4.78 is 17.4. The number of halogens is 2. The Kier molecular flexibility index (Phi) is 3.57. The van der Waals surface area contributed by atoms with Crippen LogP contribution in [0.5, 0.6) is 0 Å². The summed E-state index contributed by atoms with van der Waals surface area (Å²) in [5.41, 5.74) is 0.226. The minimum Gasteiger partial charge on any atom is -0.343 e. The van der Waals surface area contributed by atoms with Gasteiger partial charge in [-0.3, -0.25) is 4.79 Å². The predicted octanol–water partition coefficient (Wildman–Crippen LogP) is 2.13. The van der Waals surface area contributed by atoms with E-state index >= 15 is 0 Å². The van der Waals surface area contributed by atoms with Crippen LogP contribution in [0.1, 0.15) is 16.2 Å². The average Bonchev–Trinajstić information content (AvgIpc) is 2.81. The molecule has 7 heteroatoms. The number of nitrogens with zero attached hydrogens (tertiary/aromatic N) is 3. The molecule has 0 aliphatic rings. The Morgan fingerprint density at radius 3 is 2.94 bits per heavy atom. The summed E-state index contributed by atoms with van der Waals surface area (Å²) in [4.78, 5) is 17.2. The van der Waals surface area contributed by atoms with Gasteiger partial charge in [-0.1, -0.05) is 16.8 Å². The summed E-state index contributed by atoms with van der Waals surface area (Å²) in [6.07, 6.45) is 1.18. The van der Waals surface area contributed by atoms with Crippen molar-refractivity contribution >= 4 is 17.5 Å². The minimum atomic E-state index is -0.489. The molecule has 0 aliphatic heterocycles. The second-order valence-corrected chi connectivity index (χ2v) is 4.04. The van der Waals surface area contributed by atoms with E-state index in [2.05, 4.69) is 14.7 Å². The van der Waals surface area contributed by atoms with Crippen LogP contribution in [-0.2, 0) is 6.54 Å². The second kappa shape index (κ2) is 5.14. The summed E-state index contributed by atoms with van der Waals surface area (Å²) in [6.45, 7) is 0.184. The van der Waals surface area contributed by atoms with Gasteiger partial charge >= 0.3 is 0 Å². The predicted molar refractivity (Wildman–Crippen MR) is 61.5 cm³/mol. The molecule has 0 saturated carbocycles. The highest BCUT2D eigenvalue weighted by Crippen LogP contribution is 2.19. The molecule has 0 radical (unpaired) electrons. The van der Waals surface area contributed by atoms with Gasteiger partial charge in [0.1, 0.15) is 5.82 Å². The Bertz CT molecular complexity index is 559. The lowest BCUT2D eigenvalue weighted by molar-refractivity contribution is 0.0780. The highest BCUT2D eigenvalue weighted by Gasteiger charge is 2.17. The summed E-state index contributed by atoms with van der Waals surface area (Å²) in [7, 11) is 1.57. The van der Waals surface area contributed by atoms with Crippen molar-refractivity contribution in [3.63, 3.8) is 0 Å². The number of benzene rings is 1. The largest absolute Gasteiger partial charge is 0.343 e. The summed E-state index contributed by atoms with van der Waals surface area (Å²) in [5.74, 6) is -0.453. The van der Waals surface area contributed by atoms with Crippen LogP contribution < -0.4 is 0 Å². The van der Waals surface area contributed by atoms with Crippen molar-refractivity contribution in [1.29, 1.82) is 0 Å². The SMILES string of the molecule is CN(Cc1ncon1)C(=O)c1ccc(F)cc1Cl. The maximum atomic E-state index is 12.9. The normalized spacial score (nSPS) is 10.4. The first kappa shape index (κ1) is 12.5. The number of hydrogen-bond acceptors (Lipinski definition) is 4. The van der Waals surface area contributed by atoms with E-state index in [4.69, 9.17) is 11.6 Å². The van der Waals surface area contributed by atoms with Gasteiger partial charge in [0.15, 0.2) is 5.82 Å². The van der Waals surface area contributed by atoms with Crippen LogP contribution in [0.15, 0.2) is 29.1 Å². The van der Waals surface area contributed by atoms with Gasteiger partial charge in [-0.2, -0.15) is 4.98 Å². The molecule has 2 rings (SSSR count). The van der Waals surface area contributed by atoms with Crippen molar-refractivity contribution in [2.45, 2.75) is 6.54 Å². The van der Waals surface area contributed by atoms with Crippen molar-refractivity contribution < 1.29 is 13.7 Å². The lowest BCUT2D eigenvalue weighted by Gasteiger charge is -2.15. The molecular formula is C11H9ClFN3O2. The van der Waals surface area contributed by atoms with Crippen molar-refractivity contribution in [3.05, 3.63) is 46.8 Å². The molecule has 1 amide bonds. The highest BCUT2D eigenvalue weighted by molar-refractivity contribution is 6.33. The number of carbonyl (C=O) groups is 1. The van der Waals surface area contributed by atoms with Crippen LogP contribution in [0.4, 0.5) is 4.39 Å². The number of hydrogen-bond donors (Lipinski definition) is 0. The van der Waals surface area contributed by atoms with Gasteiger partial charge in [-0.15, -0.1) is 0 Å². The van der Waals surface area contributed by atoms with E-state index in [9.17, 15) is 9.18 Å². The Labute approximate surface area is 107 Å². The third-order valence-corrected chi connectivity index (χ3v) is 2.61. The fourth-order valence-corrected chi connectivity index (χ4v) is 1.66. The summed E-state index contributed by atoms with van der Waals surface area (Å²) in [6, 6.07) is 3.62. The van der Waals surface area contributed by atoms with E-state index < -0.39 is 5.82 Å². The van der Waals surface area contributed by atoms with Crippen LogP contribution in [0.25, 0.3) is 0 Å². The smallest absolute Gasteiger partial charge is 0.255 e. The fraction of sp³-hybridized carbons (Fsp3) is 0.182. The fourth-order valence-electron chi connectivity index (χ4n) is 1.41. The summed E-state index contributed by atoms with van der Waals surface area (Å²) >= 11 is 5.81. The molecule has 5 nitrogen and oxygen atoms in total. The molecule has 2 aromatic rings. The molecule has 0 unspecified atom stereocenters. The molecule has 18 heavy (non-hydrogen) atoms. The van der Waals surface area contributed by atoms with E-state index in [-0.39, 0.29) is 23.0 Å². The number of carbonyl (C=O) groups excluding carboxylic acids is 1. The van der Waals surface area contributed by atoms with Gasteiger partial charge in [0.05, 0.1) is 17.1 Å². The molecule has 0 spiro atoms. The third-order valence-electron chi connectivity index (χ3n) is 2.29. The van der Waals surface area contributed by atoms with Crippen molar-refractivity contribution in [2.24, 2.45) is 0 Å². The van der Waals surface area contributed by atoms with E-state index in [1.165, 1.54) is 23.4 Å². The van der Waals surface area contributed by atoms with Crippen LogP contribution in [0, 0.1) is 5.82 Å². The third kappa shape index (κ3) is 2.65. The molecule has 0 saturated heterocycles. The molecule has 1 aromatic carbocycles. The highest BCUT2D eigenvalue weighted by atomic mass is 35.5. The molecule has 1 aromatic heterocycles. The number of aromatic nitrogens is 2.